The van der Waals surface area contributed by atoms with Crippen molar-refractivity contribution in [1.82, 2.24) is 74.0 Å². The molecule has 8 heterocycles. The van der Waals surface area contributed by atoms with Gasteiger partial charge in [0.2, 0.25) is 0 Å². The zero-order valence-electron chi connectivity index (χ0n) is 76.1. The van der Waals surface area contributed by atoms with Crippen molar-refractivity contribution in [2.75, 3.05) is 21.3 Å². The summed E-state index contributed by atoms with van der Waals surface area (Å²) in [4.78, 5) is 95.1. The van der Waals surface area contributed by atoms with E-state index in [9.17, 15) is 58.6 Å². The molecule has 0 radical (unpaired) electrons. The predicted molar refractivity (Wildman–Crippen MR) is 537 cm³/mol. The Morgan fingerprint density at radius 2 is 0.653 bits per heavy atom. The van der Waals surface area contributed by atoms with Gasteiger partial charge in [0, 0.05) is 82.0 Å². The van der Waals surface area contributed by atoms with Crippen molar-refractivity contribution in [2.45, 2.75) is 20.1 Å². The molecule has 43 heteroatoms. The summed E-state index contributed by atoms with van der Waals surface area (Å²) < 4.78 is 33.3. The largest absolute Gasteiger partial charge is 0.505 e. The monoisotopic (exact) mass is 1950 g/mol. The third kappa shape index (κ3) is 21.3. The van der Waals surface area contributed by atoms with Gasteiger partial charge < -0.3 is 51.9 Å². The number of aromatic nitrogens is 15. The lowest BCUT2D eigenvalue weighted by atomic mass is 10.0. The van der Waals surface area contributed by atoms with Gasteiger partial charge in [-0.2, -0.15) is 34.4 Å². The summed E-state index contributed by atoms with van der Waals surface area (Å²) in [5, 5.41) is 128. The second kappa shape index (κ2) is 44.3. The van der Waals surface area contributed by atoms with E-state index in [0.717, 1.165) is 23.8 Å². The van der Waals surface area contributed by atoms with E-state index in [-0.39, 0.29) is 139 Å². The predicted octanol–water partition coefficient (Wildman–Crippen LogP) is 23.1. The van der Waals surface area contributed by atoms with Crippen LogP contribution in [0.4, 0.5) is 100 Å². The number of anilines is 4. The molecule has 0 atom stereocenters. The highest BCUT2D eigenvalue weighted by molar-refractivity contribution is 6.15. The highest BCUT2D eigenvalue weighted by Crippen LogP contribution is 2.47. The number of nitrogens with zero attached hydrogens (tertiary/aromatic N) is 27. The number of amides is 4. The standard InChI is InChI=1S/C27H19N7O3.C26H18N8O3.C26H18N8O2.C25H14F2N8O2/c1-28-22-15-30-34(23-8-4-5-13-29-23)26(22)33-32-24-20-7-3-2-6-18(20)14-21(25(24)36)27(37)31-19-11-9-17(16-35)10-12-19;1-27-21-14-30-34(26-28-10-5-11-29-26)24(21)33-32-22-19-9-3-2-7-17(19)13-20(23(22)36)25(37)31-18-8-4-6-16(12-18)15-35;1-16-8-3-6-11-20(16)31-25(36)19-14-17-9-4-5-10-18(17)22(23(19)35)32-33-24-21(27-2)15-30-34(24)26-28-12-7-13-29-26;1-28-19-13-31-35(25-29-10-5-11-30-25)23(19)34-33-20-15-7-3-2-6-14(15)12-16(22(20)36)24(37)32-21-17(26)8-4-9-18(21)27/h2-15,35-36H,16H2,(H,31,37);2-14,35-36H,15H2,(H,31,37);3-15,35H,1H3,(H,31,36);2-13,36H,(H,32,37). The van der Waals surface area contributed by atoms with Gasteiger partial charge in [0.05, 0.1) is 86.5 Å². The summed E-state index contributed by atoms with van der Waals surface area (Å²) in [7, 11) is 0. The van der Waals surface area contributed by atoms with Gasteiger partial charge in [-0.25, -0.2) is 67.7 Å². The summed E-state index contributed by atoms with van der Waals surface area (Å²) >= 11 is 0. The molecule has 12 aromatic carbocycles. The summed E-state index contributed by atoms with van der Waals surface area (Å²) in [5.41, 5.74) is 3.42. The number of nitrogens with one attached hydrogen (secondary N) is 4. The maximum atomic E-state index is 14.1. The van der Waals surface area contributed by atoms with Gasteiger partial charge in [-0.1, -0.05) is 152 Å². The molecule has 10 N–H and O–H groups in total. The first kappa shape index (κ1) is 96.8. The molecule has 0 bridgehead atoms. The minimum atomic E-state index is -0.975. The number of para-hydroxylation sites is 2. The first-order chi connectivity index (χ1) is 71.7. The van der Waals surface area contributed by atoms with Crippen molar-refractivity contribution in [2.24, 2.45) is 40.9 Å². The van der Waals surface area contributed by atoms with Gasteiger partial charge in [-0.15, -0.1) is 40.9 Å². The van der Waals surface area contributed by atoms with E-state index in [1.54, 1.807) is 194 Å². The minimum Gasteiger partial charge on any atom is -0.505 e. The van der Waals surface area contributed by atoms with E-state index in [0.29, 0.717) is 77.1 Å². The van der Waals surface area contributed by atoms with Crippen molar-refractivity contribution in [3.05, 3.63) is 413 Å². The first-order valence-electron chi connectivity index (χ1n) is 43.6. The lowest BCUT2D eigenvalue weighted by Gasteiger charge is -2.12. The molecule has 8 aromatic heterocycles. The van der Waals surface area contributed by atoms with Crippen molar-refractivity contribution < 1.29 is 58.6 Å². The van der Waals surface area contributed by atoms with Crippen LogP contribution in [0.15, 0.2) is 358 Å². The molecular weight excluding hydrogens is 1880 g/mol. The third-order valence-corrected chi connectivity index (χ3v) is 21.8. The fraction of sp³-hybridized carbons (Fsp3) is 0.0288. The van der Waals surface area contributed by atoms with Crippen molar-refractivity contribution in [3.8, 4) is 46.7 Å². The Labute approximate surface area is 828 Å². The van der Waals surface area contributed by atoms with Gasteiger partial charge in [0.25, 0.3) is 64.2 Å². The second-order valence-corrected chi connectivity index (χ2v) is 31.0. The van der Waals surface area contributed by atoms with E-state index in [1.165, 1.54) is 86.8 Å². The number of benzene rings is 12. The Balaban J connectivity index is 0.000000134. The number of aromatic hydroxyl groups is 4. The highest BCUT2D eigenvalue weighted by Gasteiger charge is 2.28. The molecular formula is C104H69F2N31O10. The van der Waals surface area contributed by atoms with Crippen molar-refractivity contribution >= 4 is 158 Å². The van der Waals surface area contributed by atoms with Gasteiger partial charge in [-0.3, -0.25) is 19.2 Å². The zero-order valence-corrected chi connectivity index (χ0v) is 76.1. The van der Waals surface area contributed by atoms with Crippen molar-refractivity contribution in [3.63, 3.8) is 0 Å². The van der Waals surface area contributed by atoms with Crippen LogP contribution in [0.5, 0.6) is 23.0 Å². The van der Waals surface area contributed by atoms with Crippen LogP contribution in [0, 0.1) is 44.8 Å². The number of pyridine rings is 1. The maximum absolute atomic E-state index is 14.1. The Hall–Kier alpha value is -21.9. The molecule has 0 aliphatic carbocycles. The molecule has 0 saturated heterocycles. The van der Waals surface area contributed by atoms with E-state index >= 15 is 0 Å². The SMILES string of the molecule is [C-]#[N+]c1cnn(-c2ccccn2)c1N=Nc1c(O)c(C(=O)Nc2ccc(CO)cc2)cc2ccccc12.[C-]#[N+]c1cnn(-c2ncccn2)c1N=Nc1c(O)c(C(=O)Nc2c(F)cccc2F)cc2ccccc12.[C-]#[N+]c1cnn(-c2ncccn2)c1N=Nc1c(O)c(C(=O)Nc2cccc(CO)c2)cc2ccccc12.[C-]#[N+]c1cnn(-c2ncccn2)c1N=Nc1c(O)c(C(=O)Nc2ccccc2C)cc2ccccc12. The molecule has 0 unspecified atom stereocenters. The van der Waals surface area contributed by atoms with Crippen LogP contribution in [-0.4, -0.2) is 128 Å². The normalized spacial score (nSPS) is 11.0. The summed E-state index contributed by atoms with van der Waals surface area (Å²) in [5.74, 6) is -4.91. The number of phenols is 4. The fourth-order valence-electron chi connectivity index (χ4n) is 14.6. The number of azo groups is 4. The van der Waals surface area contributed by atoms with Gasteiger partial charge in [0.1, 0.15) is 40.1 Å². The van der Waals surface area contributed by atoms with Crippen molar-refractivity contribution in [1.29, 1.82) is 0 Å². The first-order valence-corrected chi connectivity index (χ1v) is 43.6. The molecule has 714 valence electrons. The number of aliphatic hydroxyl groups is 2. The van der Waals surface area contributed by atoms with Gasteiger partial charge in [0.15, 0.2) is 52.1 Å². The summed E-state index contributed by atoms with van der Waals surface area (Å²) in [6, 6.07) is 68.3. The van der Waals surface area contributed by atoms with Crippen LogP contribution in [-0.2, 0) is 13.2 Å². The van der Waals surface area contributed by atoms with Crippen LogP contribution in [0.25, 0.3) is 86.1 Å². The van der Waals surface area contributed by atoms with E-state index < -0.39 is 46.7 Å². The fourth-order valence-corrected chi connectivity index (χ4v) is 14.6. The van der Waals surface area contributed by atoms with Crippen LogP contribution in [0.1, 0.15) is 58.1 Å². The molecule has 20 rings (SSSR count). The second-order valence-electron chi connectivity index (χ2n) is 31.0. The zero-order chi connectivity index (χ0) is 103. The maximum Gasteiger partial charge on any atom is 0.259 e. The molecule has 0 fully saturated rings. The lowest BCUT2D eigenvalue weighted by molar-refractivity contribution is 0.101. The molecule has 0 aliphatic rings. The Bertz CT molecular complexity index is 8770. The smallest absolute Gasteiger partial charge is 0.259 e. The molecule has 147 heavy (non-hydrogen) atoms. The van der Waals surface area contributed by atoms with Gasteiger partial charge in [-0.05, 0) is 142 Å². The van der Waals surface area contributed by atoms with Crippen LogP contribution < -0.4 is 21.3 Å². The molecule has 4 amide bonds. The van der Waals surface area contributed by atoms with E-state index in [1.807, 2.05) is 43.3 Å². The summed E-state index contributed by atoms with van der Waals surface area (Å²) in [6.45, 7) is 31.4. The Morgan fingerprint density at radius 1 is 0.327 bits per heavy atom. The molecule has 0 saturated carbocycles. The average Bonchev–Trinajstić information content (AvgIpc) is 1.48. The molecule has 0 spiro atoms. The third-order valence-electron chi connectivity index (χ3n) is 21.8. The Kier molecular flexibility index (Phi) is 29.2. The number of hydrogen-bond acceptors (Lipinski definition) is 29. The van der Waals surface area contributed by atoms with Crippen LogP contribution >= 0.6 is 0 Å². The van der Waals surface area contributed by atoms with E-state index in [2.05, 4.69) is 137 Å². The molecule has 41 nitrogen and oxygen atoms in total. The van der Waals surface area contributed by atoms with E-state index in [4.69, 9.17) is 26.3 Å². The highest BCUT2D eigenvalue weighted by atomic mass is 19.1. The van der Waals surface area contributed by atoms with Crippen LogP contribution in [0.3, 0.4) is 0 Å². The number of carbonyl (C=O) groups is 4. The topological polar surface area (TPSA) is 516 Å². The quantitative estimate of drug-likeness (QED) is 0.0222. The number of halogens is 2. The number of aliphatic hydroxyl groups excluding tert-OH is 2. The number of aryl methyl sites for hydroxylation is 1. The number of phenolic OH excluding ortho intramolecular Hbond substituents is 4. The molecule has 20 aromatic rings. The summed E-state index contributed by atoms with van der Waals surface area (Å²) in [6.07, 6.45) is 16.0. The number of fused-ring (bicyclic) bond motifs is 4. The Morgan fingerprint density at radius 3 is 1.02 bits per heavy atom. The number of rotatable bonds is 22. The number of carbonyl (C=O) groups excluding carboxylic acids is 4. The number of hydrogen-bond donors (Lipinski definition) is 10. The average molecular weight is 1950 g/mol. The van der Waals surface area contributed by atoms with Crippen LogP contribution in [0.2, 0.25) is 0 Å². The minimum absolute atomic E-state index is 0.00233. The lowest BCUT2D eigenvalue weighted by Crippen LogP contribution is -2.14. The molecule has 0 aliphatic heterocycles. The van der Waals surface area contributed by atoms with Gasteiger partial charge >= 0.3 is 0 Å².